The van der Waals surface area contributed by atoms with E-state index in [0.29, 0.717) is 0 Å². The number of primary amides is 1. The second-order valence-electron chi connectivity index (χ2n) is 2.63. The van der Waals surface area contributed by atoms with Gasteiger partial charge in [0.05, 0.1) is 6.04 Å². The van der Waals surface area contributed by atoms with E-state index in [1.54, 1.807) is 0 Å². The van der Waals surface area contributed by atoms with Crippen molar-refractivity contribution in [3.05, 3.63) is 0 Å². The molecule has 0 aromatic rings. The first-order chi connectivity index (χ1) is 7.50. The summed E-state index contributed by atoms with van der Waals surface area (Å²) in [7, 11) is 0. The molecule has 0 aliphatic carbocycles. The zero-order valence-electron chi connectivity index (χ0n) is 11.7. The first-order valence-electron chi connectivity index (χ1n) is 4.21. The fourth-order valence-electron chi connectivity index (χ4n) is 0.235. The Morgan fingerprint density at radius 2 is 1.21 bits per heavy atom. The van der Waals surface area contributed by atoms with Crippen LogP contribution in [0.3, 0.4) is 0 Å². The van der Waals surface area contributed by atoms with E-state index in [2.05, 4.69) is 5.73 Å². The van der Waals surface area contributed by atoms with Gasteiger partial charge in [0.2, 0.25) is 5.91 Å². The van der Waals surface area contributed by atoms with Gasteiger partial charge in [0.25, 0.3) is 0 Å². The number of aliphatic carboxylic acids is 2. The minimum Gasteiger partial charge on any atom is -0.550 e. The normalized spacial score (nSPS) is 8.42. The molecule has 0 aliphatic rings. The van der Waals surface area contributed by atoms with Crippen LogP contribution in [-0.2, 0) is 14.4 Å². The number of hydrogen-bond donors (Lipinski definition) is 3. The Kier molecular flexibility index (Phi) is 33.2. The predicted octanol–water partition coefficient (Wildman–Crippen LogP) is -9.95. The summed E-state index contributed by atoms with van der Waals surface area (Å²) in [6, 6.07) is -1.57. The van der Waals surface area contributed by atoms with Crippen LogP contribution in [0.4, 0.5) is 4.79 Å². The summed E-state index contributed by atoms with van der Waals surface area (Å²) in [6.45, 7) is 3.40. The third kappa shape index (κ3) is 72.8. The Morgan fingerprint density at radius 1 is 1.00 bits per heavy atom. The molecule has 5 N–H and O–H groups in total. The minimum atomic E-state index is -1.08. The summed E-state index contributed by atoms with van der Waals surface area (Å²) in [5, 5.41) is 19.6. The van der Waals surface area contributed by atoms with Crippen molar-refractivity contribution in [3.63, 3.8) is 0 Å². The summed E-state index contributed by atoms with van der Waals surface area (Å²) in [5.41, 5.74) is 9.67. The van der Waals surface area contributed by atoms with Crippen molar-refractivity contribution in [1.82, 2.24) is 5.32 Å². The number of carboxylic acid groups (broad SMARTS) is 2. The van der Waals surface area contributed by atoms with Crippen LogP contribution in [0.5, 0.6) is 0 Å². The number of nitrogens with two attached hydrogens (primary N) is 2. The number of carboxylic acids is 2. The zero-order valence-corrected chi connectivity index (χ0v) is 15.7. The van der Waals surface area contributed by atoms with Crippen LogP contribution in [0, 0.1) is 0 Å². The average molecular weight is 295 g/mol. The number of carbonyl (C=O) groups is 4. The van der Waals surface area contributed by atoms with Gasteiger partial charge in [-0.1, -0.05) is 0 Å². The van der Waals surface area contributed by atoms with E-state index in [1.165, 1.54) is 6.92 Å². The Balaban J connectivity index is -0.0000000560. The smallest absolute Gasteiger partial charge is 0.550 e. The van der Waals surface area contributed by atoms with E-state index in [0.717, 1.165) is 13.8 Å². The topological polar surface area (TPSA) is 178 Å². The van der Waals surface area contributed by atoms with Crippen molar-refractivity contribution in [3.8, 4) is 0 Å². The SMILES string of the molecule is CC(=O)[O-].CC(=O)[O-].CC(N)C(=O)NC(N)=O.[Na+].[Na+]. The Morgan fingerprint density at radius 3 is 1.26 bits per heavy atom. The van der Waals surface area contributed by atoms with Crippen LogP contribution >= 0.6 is 0 Å². The molecule has 0 spiro atoms. The van der Waals surface area contributed by atoms with Gasteiger partial charge in [-0.25, -0.2) is 4.79 Å². The molecule has 1 unspecified atom stereocenters. The minimum absolute atomic E-state index is 0. The molecule has 0 heterocycles. The molecule has 0 rings (SSSR count). The molecule has 100 valence electrons. The number of imide groups is 1. The monoisotopic (exact) mass is 295 g/mol. The second-order valence-corrected chi connectivity index (χ2v) is 2.63. The summed E-state index contributed by atoms with van der Waals surface area (Å²) >= 11 is 0. The van der Waals surface area contributed by atoms with Crippen LogP contribution in [-0.4, -0.2) is 29.9 Å². The number of urea groups is 1. The fraction of sp³-hybridized carbons (Fsp3) is 0.500. The van der Waals surface area contributed by atoms with Gasteiger partial charge in [0, 0.05) is 11.9 Å². The fourth-order valence-corrected chi connectivity index (χ4v) is 0.235. The van der Waals surface area contributed by atoms with E-state index in [-0.39, 0.29) is 59.1 Å². The van der Waals surface area contributed by atoms with E-state index in [1.807, 2.05) is 5.32 Å². The van der Waals surface area contributed by atoms with Gasteiger partial charge in [0.1, 0.15) is 0 Å². The van der Waals surface area contributed by atoms with Gasteiger partial charge in [-0.15, -0.1) is 0 Å². The van der Waals surface area contributed by atoms with Gasteiger partial charge in [0.15, 0.2) is 0 Å². The van der Waals surface area contributed by atoms with Crippen molar-refractivity contribution in [2.45, 2.75) is 26.8 Å². The van der Waals surface area contributed by atoms with Crippen molar-refractivity contribution in [2.24, 2.45) is 11.5 Å². The first kappa shape index (κ1) is 31.3. The molecule has 0 saturated carbocycles. The molecular weight excluding hydrogens is 280 g/mol. The molecule has 1 atom stereocenters. The van der Waals surface area contributed by atoms with Gasteiger partial charge < -0.3 is 31.3 Å². The van der Waals surface area contributed by atoms with Crippen molar-refractivity contribution in [1.29, 1.82) is 0 Å². The molecule has 0 aromatic heterocycles. The van der Waals surface area contributed by atoms with Crippen LogP contribution in [0.1, 0.15) is 20.8 Å². The molecule has 19 heavy (non-hydrogen) atoms. The maximum absolute atomic E-state index is 10.4. The van der Waals surface area contributed by atoms with Crippen molar-refractivity contribution >= 4 is 23.9 Å². The Hall–Kier alpha value is -0.160. The molecule has 11 heteroatoms. The van der Waals surface area contributed by atoms with Gasteiger partial charge in [-0.3, -0.25) is 10.1 Å². The molecule has 0 aliphatic heterocycles. The van der Waals surface area contributed by atoms with Crippen LogP contribution in [0.2, 0.25) is 0 Å². The summed E-state index contributed by atoms with van der Waals surface area (Å²) < 4.78 is 0. The van der Waals surface area contributed by atoms with Crippen molar-refractivity contribution in [2.75, 3.05) is 0 Å². The number of rotatable bonds is 1. The maximum Gasteiger partial charge on any atom is 1.00 e. The molecule has 0 fully saturated rings. The summed E-state index contributed by atoms with van der Waals surface area (Å²) in [6.07, 6.45) is 0. The Bertz CT molecular complexity index is 266. The van der Waals surface area contributed by atoms with Crippen LogP contribution in [0.15, 0.2) is 0 Å². The maximum atomic E-state index is 10.4. The molecule has 0 saturated heterocycles. The average Bonchev–Trinajstić information content (AvgIpc) is 1.99. The van der Waals surface area contributed by atoms with Gasteiger partial charge in [-0.2, -0.15) is 0 Å². The Labute approximate surface area is 155 Å². The van der Waals surface area contributed by atoms with Crippen LogP contribution in [0.25, 0.3) is 0 Å². The van der Waals surface area contributed by atoms with Crippen molar-refractivity contribution < 1.29 is 88.5 Å². The van der Waals surface area contributed by atoms with Gasteiger partial charge >= 0.3 is 65.1 Å². The first-order valence-corrected chi connectivity index (χ1v) is 4.21. The molecule has 0 radical (unpaired) electrons. The quantitative estimate of drug-likeness (QED) is 0.402. The van der Waals surface area contributed by atoms with E-state index in [4.69, 9.17) is 25.5 Å². The third-order valence-corrected chi connectivity index (χ3v) is 0.660. The molecule has 3 amide bonds. The summed E-state index contributed by atoms with van der Waals surface area (Å²) in [5.74, 6) is -2.73. The second kappa shape index (κ2) is 20.2. The molecular formula is C8H15N3Na2O6. The zero-order chi connectivity index (χ0) is 14.6. The third-order valence-electron chi connectivity index (χ3n) is 0.660. The number of carbonyl (C=O) groups excluding carboxylic acids is 4. The number of amides is 3. The van der Waals surface area contributed by atoms with E-state index < -0.39 is 29.9 Å². The summed E-state index contributed by atoms with van der Waals surface area (Å²) in [4.78, 5) is 38.1. The number of hydrogen-bond acceptors (Lipinski definition) is 7. The number of nitrogens with one attached hydrogen (secondary N) is 1. The molecule has 9 nitrogen and oxygen atoms in total. The van der Waals surface area contributed by atoms with E-state index in [9.17, 15) is 9.59 Å². The molecule has 0 bridgehead atoms. The largest absolute Gasteiger partial charge is 1.00 e. The standard InChI is InChI=1S/C4H9N3O2.2C2H4O2.2Na/c1-2(5)3(8)7-4(6)9;2*1-2(3)4;;/h2H,5H2,1H3,(H3,6,7,8,9);2*1H3,(H,3,4);;/q;;;2*+1/p-2. The molecule has 0 aromatic carbocycles. The van der Waals surface area contributed by atoms with Crippen LogP contribution < -0.4 is 86.1 Å². The van der Waals surface area contributed by atoms with Gasteiger partial charge in [-0.05, 0) is 20.8 Å². The predicted molar refractivity (Wildman–Crippen MR) is 52.7 cm³/mol. The van der Waals surface area contributed by atoms with E-state index >= 15 is 0 Å².